The van der Waals surface area contributed by atoms with E-state index in [0.29, 0.717) is 0 Å². The van der Waals surface area contributed by atoms with Gasteiger partial charge in [-0.2, -0.15) is 0 Å². The Morgan fingerprint density at radius 1 is 1.13 bits per heavy atom. The van der Waals surface area contributed by atoms with E-state index in [9.17, 15) is 0 Å². The molecule has 0 saturated heterocycles. The van der Waals surface area contributed by atoms with Crippen LogP contribution in [0.25, 0.3) is 0 Å². The molecule has 0 saturated carbocycles. The SMILES string of the molecule is Cc1cc(C(Br)c2ccccc2)c(C)o1. The molecule has 0 aliphatic carbocycles. The number of furan rings is 1. The number of hydrogen-bond donors (Lipinski definition) is 0. The molecule has 1 unspecified atom stereocenters. The van der Waals surface area contributed by atoms with Crippen molar-refractivity contribution in [3.8, 4) is 0 Å². The van der Waals surface area contributed by atoms with Crippen LogP contribution in [-0.2, 0) is 0 Å². The number of rotatable bonds is 2. The highest BCUT2D eigenvalue weighted by Gasteiger charge is 2.15. The summed E-state index contributed by atoms with van der Waals surface area (Å²) in [4.78, 5) is 0.219. The Morgan fingerprint density at radius 2 is 1.80 bits per heavy atom. The van der Waals surface area contributed by atoms with Crippen molar-refractivity contribution in [1.29, 1.82) is 0 Å². The van der Waals surface area contributed by atoms with Crippen molar-refractivity contribution in [3.05, 3.63) is 59.0 Å². The highest BCUT2D eigenvalue weighted by Crippen LogP contribution is 2.34. The lowest BCUT2D eigenvalue weighted by Gasteiger charge is -2.08. The first-order valence-corrected chi connectivity index (χ1v) is 5.86. The summed E-state index contributed by atoms with van der Waals surface area (Å²) in [6, 6.07) is 12.4. The van der Waals surface area contributed by atoms with E-state index in [4.69, 9.17) is 4.42 Å². The first-order chi connectivity index (χ1) is 7.18. The van der Waals surface area contributed by atoms with Crippen LogP contribution in [0, 0.1) is 13.8 Å². The molecule has 2 rings (SSSR count). The molecular formula is C13H13BrO. The number of aryl methyl sites for hydroxylation is 2. The molecule has 1 aromatic heterocycles. The fourth-order valence-electron chi connectivity index (χ4n) is 1.70. The van der Waals surface area contributed by atoms with E-state index in [1.807, 2.05) is 32.0 Å². The lowest BCUT2D eigenvalue weighted by molar-refractivity contribution is 0.502. The number of halogens is 1. The van der Waals surface area contributed by atoms with Crippen molar-refractivity contribution in [2.45, 2.75) is 18.7 Å². The Morgan fingerprint density at radius 3 is 2.33 bits per heavy atom. The van der Waals surface area contributed by atoms with Crippen LogP contribution < -0.4 is 0 Å². The highest BCUT2D eigenvalue weighted by molar-refractivity contribution is 9.09. The molecule has 1 aromatic carbocycles. The first kappa shape index (κ1) is 10.5. The summed E-state index contributed by atoms with van der Waals surface area (Å²) >= 11 is 3.70. The second-order valence-corrected chi connectivity index (χ2v) is 4.56. The molecule has 0 fully saturated rings. The van der Waals surface area contributed by atoms with E-state index in [1.165, 1.54) is 11.1 Å². The summed E-state index contributed by atoms with van der Waals surface area (Å²) < 4.78 is 5.53. The van der Waals surface area contributed by atoms with Gasteiger partial charge in [0.2, 0.25) is 0 Å². The summed E-state index contributed by atoms with van der Waals surface area (Å²) in [6.07, 6.45) is 0. The third-order valence-corrected chi connectivity index (χ3v) is 3.47. The van der Waals surface area contributed by atoms with Gasteiger partial charge in [-0.15, -0.1) is 0 Å². The molecule has 0 aliphatic heterocycles. The van der Waals surface area contributed by atoms with E-state index in [-0.39, 0.29) is 4.83 Å². The Balaban J connectivity index is 2.36. The maximum absolute atomic E-state index is 5.53. The molecule has 0 N–H and O–H groups in total. The van der Waals surface area contributed by atoms with E-state index in [1.54, 1.807) is 0 Å². The lowest BCUT2D eigenvalue weighted by Crippen LogP contribution is -1.91. The van der Waals surface area contributed by atoms with Crippen molar-refractivity contribution >= 4 is 15.9 Å². The van der Waals surface area contributed by atoms with Crippen molar-refractivity contribution < 1.29 is 4.42 Å². The second-order valence-electron chi connectivity index (χ2n) is 3.64. The van der Waals surface area contributed by atoms with Crippen LogP contribution in [0.2, 0.25) is 0 Å². The van der Waals surface area contributed by atoms with Gasteiger partial charge in [0.05, 0.1) is 4.83 Å². The third-order valence-electron chi connectivity index (χ3n) is 2.44. The van der Waals surface area contributed by atoms with Crippen molar-refractivity contribution in [2.75, 3.05) is 0 Å². The zero-order chi connectivity index (χ0) is 10.8. The monoisotopic (exact) mass is 264 g/mol. The quantitative estimate of drug-likeness (QED) is 0.734. The van der Waals surface area contributed by atoms with Gasteiger partial charge in [0.1, 0.15) is 11.5 Å². The summed E-state index contributed by atoms with van der Waals surface area (Å²) in [5, 5.41) is 0. The standard InChI is InChI=1S/C13H13BrO/c1-9-8-12(10(2)15-9)13(14)11-6-4-3-5-7-11/h3-8,13H,1-2H3. The normalized spacial score (nSPS) is 12.7. The summed E-state index contributed by atoms with van der Waals surface area (Å²) in [7, 11) is 0. The maximum atomic E-state index is 5.53. The molecule has 1 atom stereocenters. The molecule has 2 heteroatoms. The molecular weight excluding hydrogens is 252 g/mol. The second kappa shape index (κ2) is 4.23. The summed E-state index contributed by atoms with van der Waals surface area (Å²) in [5.41, 5.74) is 2.46. The van der Waals surface area contributed by atoms with Crippen molar-refractivity contribution in [3.63, 3.8) is 0 Å². The first-order valence-electron chi connectivity index (χ1n) is 4.94. The van der Waals surface area contributed by atoms with Gasteiger partial charge < -0.3 is 4.42 Å². The minimum Gasteiger partial charge on any atom is -0.466 e. The molecule has 0 aliphatic rings. The fourth-order valence-corrected chi connectivity index (χ4v) is 2.46. The Hall–Kier alpha value is -1.02. The van der Waals surface area contributed by atoms with Crippen LogP contribution >= 0.6 is 15.9 Å². The van der Waals surface area contributed by atoms with Crippen molar-refractivity contribution in [2.24, 2.45) is 0 Å². The number of alkyl halides is 1. The van der Waals surface area contributed by atoms with Crippen LogP contribution in [-0.4, -0.2) is 0 Å². The number of benzene rings is 1. The smallest absolute Gasteiger partial charge is 0.105 e. The largest absolute Gasteiger partial charge is 0.466 e. The van der Waals surface area contributed by atoms with Gasteiger partial charge in [-0.1, -0.05) is 46.3 Å². The summed E-state index contributed by atoms with van der Waals surface area (Å²) in [6.45, 7) is 3.97. The minimum absolute atomic E-state index is 0.219. The van der Waals surface area contributed by atoms with Crippen molar-refractivity contribution in [1.82, 2.24) is 0 Å². The minimum atomic E-state index is 0.219. The molecule has 2 aromatic rings. The molecule has 0 radical (unpaired) electrons. The molecule has 0 amide bonds. The molecule has 15 heavy (non-hydrogen) atoms. The van der Waals surface area contributed by atoms with Crippen LogP contribution in [0.4, 0.5) is 0 Å². The molecule has 0 spiro atoms. The van der Waals surface area contributed by atoms with Gasteiger partial charge in [-0.3, -0.25) is 0 Å². The van der Waals surface area contributed by atoms with Crippen LogP contribution in [0.5, 0.6) is 0 Å². The number of hydrogen-bond acceptors (Lipinski definition) is 1. The lowest BCUT2D eigenvalue weighted by atomic mass is 10.1. The molecule has 1 nitrogen and oxygen atoms in total. The van der Waals surface area contributed by atoms with E-state index in [0.717, 1.165) is 11.5 Å². The van der Waals surface area contributed by atoms with Gasteiger partial charge in [-0.25, -0.2) is 0 Å². The predicted molar refractivity (Wildman–Crippen MR) is 65.4 cm³/mol. The average molecular weight is 265 g/mol. The zero-order valence-corrected chi connectivity index (χ0v) is 10.4. The van der Waals surface area contributed by atoms with Gasteiger partial charge >= 0.3 is 0 Å². The zero-order valence-electron chi connectivity index (χ0n) is 8.83. The van der Waals surface area contributed by atoms with Gasteiger partial charge in [-0.05, 0) is 25.5 Å². The Kier molecular flexibility index (Phi) is 2.96. The van der Waals surface area contributed by atoms with Crippen LogP contribution in [0.15, 0.2) is 40.8 Å². The molecule has 1 heterocycles. The van der Waals surface area contributed by atoms with Gasteiger partial charge in [0.15, 0.2) is 0 Å². The Labute approximate surface area is 98.2 Å². The highest BCUT2D eigenvalue weighted by atomic mass is 79.9. The summed E-state index contributed by atoms with van der Waals surface area (Å²) in [5.74, 6) is 1.95. The predicted octanol–water partition coefficient (Wildman–Crippen LogP) is 4.38. The van der Waals surface area contributed by atoms with Gasteiger partial charge in [0, 0.05) is 5.56 Å². The van der Waals surface area contributed by atoms with Crippen LogP contribution in [0.1, 0.15) is 27.5 Å². The van der Waals surface area contributed by atoms with E-state index < -0.39 is 0 Å². The van der Waals surface area contributed by atoms with E-state index in [2.05, 4.69) is 34.1 Å². The fraction of sp³-hybridized carbons (Fsp3) is 0.231. The molecule has 0 bridgehead atoms. The average Bonchev–Trinajstić information content (AvgIpc) is 2.58. The maximum Gasteiger partial charge on any atom is 0.105 e. The molecule has 78 valence electrons. The van der Waals surface area contributed by atoms with Gasteiger partial charge in [0.25, 0.3) is 0 Å². The third kappa shape index (κ3) is 2.15. The van der Waals surface area contributed by atoms with Crippen LogP contribution in [0.3, 0.4) is 0 Å². The topological polar surface area (TPSA) is 13.1 Å². The Bertz CT molecular complexity index is 445. The van der Waals surface area contributed by atoms with E-state index >= 15 is 0 Å².